The van der Waals surface area contributed by atoms with Gasteiger partial charge in [0.05, 0.1) is 0 Å². The molecule has 0 spiro atoms. The normalized spacial score (nSPS) is 24.4. The number of benzene rings is 1. The van der Waals surface area contributed by atoms with Gasteiger partial charge >= 0.3 is 165 Å². The molecule has 2 aliphatic carbocycles. The van der Waals surface area contributed by atoms with Crippen molar-refractivity contribution in [2.24, 2.45) is 0 Å². The molecule has 3 aliphatic rings. The van der Waals surface area contributed by atoms with Gasteiger partial charge in [0.1, 0.15) is 0 Å². The molecular formula is C23H34InP. The van der Waals surface area contributed by atoms with Gasteiger partial charge in [-0.15, -0.1) is 0 Å². The van der Waals surface area contributed by atoms with E-state index in [1.54, 1.807) is 42.4 Å². The molecule has 0 N–H and O–H groups in total. The molecule has 4 rings (SSSR count). The molecule has 0 amide bonds. The fraction of sp³-hybridized carbons (Fsp3) is 0.652. The monoisotopic (exact) mass is 456 g/mol. The molecule has 1 aliphatic heterocycles. The molecule has 1 aromatic carbocycles. The minimum absolute atomic E-state index is 0.784. The molecule has 1 atom stereocenters. The van der Waals surface area contributed by atoms with Crippen LogP contribution in [0.15, 0.2) is 21.5 Å². The molecule has 0 aromatic heterocycles. The van der Waals surface area contributed by atoms with E-state index >= 15 is 0 Å². The molecule has 25 heavy (non-hydrogen) atoms. The summed E-state index contributed by atoms with van der Waals surface area (Å²) in [6.07, 6.45) is 15.3. The third-order valence-corrected chi connectivity index (χ3v) is 24.5. The van der Waals surface area contributed by atoms with Gasteiger partial charge < -0.3 is 0 Å². The van der Waals surface area contributed by atoms with Gasteiger partial charge in [-0.3, -0.25) is 0 Å². The molecule has 0 saturated heterocycles. The number of hydrogen-bond acceptors (Lipinski definition) is 0. The Morgan fingerprint density at radius 3 is 2.32 bits per heavy atom. The van der Waals surface area contributed by atoms with Crippen LogP contribution in [0.25, 0.3) is 5.57 Å². The van der Waals surface area contributed by atoms with Crippen LogP contribution in [-0.2, 0) is 0 Å². The van der Waals surface area contributed by atoms with Crippen molar-refractivity contribution in [3.05, 3.63) is 32.7 Å². The van der Waals surface area contributed by atoms with Crippen LogP contribution in [0.5, 0.6) is 0 Å². The molecule has 1 unspecified atom stereocenters. The summed E-state index contributed by atoms with van der Waals surface area (Å²) in [5.41, 5.74) is 6.00. The molecule has 0 bridgehead atoms. The third kappa shape index (κ3) is 3.42. The Morgan fingerprint density at radius 2 is 1.60 bits per heavy atom. The summed E-state index contributed by atoms with van der Waals surface area (Å²) < 4.78 is 4.59. The Balaban J connectivity index is 1.74. The number of allylic oxidation sites excluding steroid dienone is 2. The predicted octanol–water partition coefficient (Wildman–Crippen LogP) is 6.30. The molecule has 1 aromatic rings. The zero-order valence-electron chi connectivity index (χ0n) is 16.5. The van der Waals surface area contributed by atoms with E-state index in [2.05, 4.69) is 39.0 Å². The standard InChI is InChI=1S/C12H22P.C11H12.In/c1-3-7-11(8-4-1)13-12-9-5-2-6-10-12;1-4-9(2)11-8-6-5-7-10(11)3;/h11,13H,1-10H2;5-7H,1-3H3;. The van der Waals surface area contributed by atoms with Gasteiger partial charge in [-0.05, 0) is 0 Å². The zero-order valence-corrected chi connectivity index (χ0v) is 20.8. The number of rotatable bonds is 3. The van der Waals surface area contributed by atoms with Crippen LogP contribution in [0, 0.1) is 6.92 Å². The fourth-order valence-electron chi connectivity index (χ4n) is 6.15. The second kappa shape index (κ2) is 7.71. The fourth-order valence-corrected chi connectivity index (χ4v) is 27.2. The van der Waals surface area contributed by atoms with Gasteiger partial charge in [0.15, 0.2) is 0 Å². The summed E-state index contributed by atoms with van der Waals surface area (Å²) in [4.78, 5) is 0. The first-order valence-corrected chi connectivity index (χ1v) is 16.7. The predicted molar refractivity (Wildman–Crippen MR) is 116 cm³/mol. The van der Waals surface area contributed by atoms with Crippen molar-refractivity contribution in [3.63, 3.8) is 0 Å². The van der Waals surface area contributed by atoms with E-state index in [4.69, 9.17) is 0 Å². The molecular weight excluding hydrogens is 422 g/mol. The third-order valence-electron chi connectivity index (χ3n) is 7.41. The van der Waals surface area contributed by atoms with Gasteiger partial charge in [-0.1, -0.05) is 0 Å². The molecule has 0 nitrogen and oxygen atoms in total. The summed E-state index contributed by atoms with van der Waals surface area (Å²) in [5, 5.41) is 0. The van der Waals surface area contributed by atoms with Crippen molar-refractivity contribution in [2.45, 2.75) is 93.6 Å². The quantitative estimate of drug-likeness (QED) is 0.469. The summed E-state index contributed by atoms with van der Waals surface area (Å²) >= 11 is -1.96. The molecule has 134 valence electrons. The summed E-state index contributed by atoms with van der Waals surface area (Å²) in [7, 11) is 1.28. The van der Waals surface area contributed by atoms with E-state index < -0.39 is 21.4 Å². The molecule has 2 heteroatoms. The zero-order chi connectivity index (χ0) is 17.4. The van der Waals surface area contributed by atoms with Crippen molar-refractivity contribution in [1.82, 2.24) is 0 Å². The van der Waals surface area contributed by atoms with Gasteiger partial charge in [-0.2, -0.15) is 0 Å². The number of hydrogen-bond donors (Lipinski definition) is 0. The average molecular weight is 456 g/mol. The second-order valence-electron chi connectivity index (χ2n) is 8.98. The van der Waals surface area contributed by atoms with Crippen LogP contribution in [0.1, 0.15) is 89.2 Å². The van der Waals surface area contributed by atoms with Gasteiger partial charge in [0.25, 0.3) is 0 Å². The van der Waals surface area contributed by atoms with Crippen molar-refractivity contribution in [3.8, 4) is 0 Å². The van der Waals surface area contributed by atoms with Crippen LogP contribution in [0.4, 0.5) is 0 Å². The summed E-state index contributed by atoms with van der Waals surface area (Å²) in [6, 6.07) is 7.27. The maximum absolute atomic E-state index is 2.56. The van der Waals surface area contributed by atoms with E-state index in [9.17, 15) is 0 Å². The Bertz CT molecular complexity index is 663. The van der Waals surface area contributed by atoms with Crippen LogP contribution in [0.2, 0.25) is 0 Å². The Morgan fingerprint density at radius 1 is 0.920 bits per heavy atom. The first-order chi connectivity index (χ1) is 12.1. The Labute approximate surface area is 164 Å². The molecule has 0 radical (unpaired) electrons. The van der Waals surface area contributed by atoms with Gasteiger partial charge in [-0.25, -0.2) is 0 Å². The second-order valence-corrected chi connectivity index (χ2v) is 22.6. The molecule has 1 heterocycles. The average Bonchev–Trinajstić information content (AvgIpc) is 2.89. The topological polar surface area (TPSA) is 0 Å². The SMILES string of the molecule is CC1=[C](C)[In]([C]2(PC3CCCCC3)CCCCC2)[c]2cccc(C)c21. The van der Waals surface area contributed by atoms with Crippen molar-refractivity contribution < 1.29 is 0 Å². The minimum atomic E-state index is -1.96. The van der Waals surface area contributed by atoms with Crippen molar-refractivity contribution >= 4 is 38.9 Å². The van der Waals surface area contributed by atoms with Crippen LogP contribution in [0.3, 0.4) is 0 Å². The van der Waals surface area contributed by atoms with Crippen LogP contribution in [-0.4, -0.2) is 30.0 Å². The van der Waals surface area contributed by atoms with Gasteiger partial charge in [0.2, 0.25) is 0 Å². The first-order valence-electron chi connectivity index (χ1n) is 10.7. The van der Waals surface area contributed by atoms with E-state index in [1.165, 1.54) is 47.1 Å². The summed E-state index contributed by atoms with van der Waals surface area (Å²) in [5.74, 6) is 0. The van der Waals surface area contributed by atoms with E-state index in [1.807, 2.05) is 6.65 Å². The maximum atomic E-state index is 2.56. The van der Waals surface area contributed by atoms with Gasteiger partial charge in [0, 0.05) is 0 Å². The van der Waals surface area contributed by atoms with E-state index in [0.717, 1.165) is 8.57 Å². The van der Waals surface area contributed by atoms with Crippen molar-refractivity contribution in [1.29, 1.82) is 0 Å². The van der Waals surface area contributed by atoms with Crippen LogP contribution < -0.4 is 3.32 Å². The number of fused-ring (bicyclic) bond motifs is 1. The van der Waals surface area contributed by atoms with E-state index in [-0.39, 0.29) is 0 Å². The first kappa shape index (κ1) is 18.6. The Hall–Kier alpha value is 0.260. The Kier molecular flexibility index (Phi) is 5.74. The molecule has 2 fully saturated rings. The number of aryl methyl sites for hydroxylation is 1. The molecule has 2 saturated carbocycles. The van der Waals surface area contributed by atoms with Crippen LogP contribution >= 0.6 is 8.58 Å². The van der Waals surface area contributed by atoms with E-state index in [0.29, 0.717) is 0 Å². The van der Waals surface area contributed by atoms with Crippen molar-refractivity contribution in [2.75, 3.05) is 0 Å². The summed E-state index contributed by atoms with van der Waals surface area (Å²) in [6.45, 7) is 7.34.